The van der Waals surface area contributed by atoms with Gasteiger partial charge in [0.15, 0.2) is 0 Å². The summed E-state index contributed by atoms with van der Waals surface area (Å²) in [6.07, 6.45) is 1.30. The van der Waals surface area contributed by atoms with Crippen molar-refractivity contribution in [3.8, 4) is 11.5 Å². The van der Waals surface area contributed by atoms with Gasteiger partial charge >= 0.3 is 10.1 Å². The summed E-state index contributed by atoms with van der Waals surface area (Å²) in [6.45, 7) is 1.76. The van der Waals surface area contributed by atoms with E-state index in [2.05, 4.69) is 10.5 Å². The first-order valence-electron chi connectivity index (χ1n) is 9.53. The molecule has 166 valence electrons. The number of nitrogens with one attached hydrogen (secondary N) is 1. The zero-order valence-electron chi connectivity index (χ0n) is 17.4. The number of benzene rings is 3. The second kappa shape index (κ2) is 10.3. The third-order valence-electron chi connectivity index (χ3n) is 4.31. The number of amides is 1. The molecule has 0 atom stereocenters. The molecule has 9 heteroatoms. The average molecular weight is 473 g/mol. The zero-order chi connectivity index (χ0) is 23.1. The summed E-state index contributed by atoms with van der Waals surface area (Å²) < 4.78 is 36.1. The summed E-state index contributed by atoms with van der Waals surface area (Å²) in [7, 11) is -2.70. The summed E-state index contributed by atoms with van der Waals surface area (Å²) >= 11 is 6.24. The molecule has 7 nitrogen and oxygen atoms in total. The first-order chi connectivity index (χ1) is 15.3. The van der Waals surface area contributed by atoms with Gasteiger partial charge in [0.2, 0.25) is 5.91 Å². The summed E-state index contributed by atoms with van der Waals surface area (Å²) in [5.41, 5.74) is 4.05. The molecule has 0 aliphatic rings. The predicted molar refractivity (Wildman–Crippen MR) is 123 cm³/mol. The van der Waals surface area contributed by atoms with E-state index in [1.165, 1.54) is 24.4 Å². The highest BCUT2D eigenvalue weighted by molar-refractivity contribution is 7.87. The van der Waals surface area contributed by atoms with Gasteiger partial charge in [-0.2, -0.15) is 13.5 Å². The van der Waals surface area contributed by atoms with Crippen LogP contribution in [0, 0.1) is 6.92 Å². The van der Waals surface area contributed by atoms with Crippen molar-refractivity contribution in [3.63, 3.8) is 0 Å². The highest BCUT2D eigenvalue weighted by atomic mass is 35.5. The number of nitrogens with zero attached hydrogens (tertiary/aromatic N) is 1. The van der Waals surface area contributed by atoms with Crippen LogP contribution in [-0.2, 0) is 21.3 Å². The molecule has 0 heterocycles. The number of carbonyl (C=O) groups is 1. The number of hydrazone groups is 1. The Hall–Kier alpha value is -3.36. The summed E-state index contributed by atoms with van der Waals surface area (Å²) in [5.74, 6) is 0.415. The van der Waals surface area contributed by atoms with Crippen LogP contribution in [0.1, 0.15) is 16.7 Å². The Morgan fingerprint density at radius 1 is 1.06 bits per heavy atom. The summed E-state index contributed by atoms with van der Waals surface area (Å²) in [5, 5.41) is 3.90. The number of methoxy groups -OCH3 is 1. The van der Waals surface area contributed by atoms with Gasteiger partial charge in [-0.05, 0) is 54.4 Å². The van der Waals surface area contributed by atoms with E-state index in [9.17, 15) is 13.2 Å². The monoisotopic (exact) mass is 472 g/mol. The highest BCUT2D eigenvalue weighted by Crippen LogP contribution is 2.29. The quantitative estimate of drug-likeness (QED) is 0.302. The number of para-hydroxylation sites is 1. The molecular weight excluding hydrogens is 452 g/mol. The number of hydrogen-bond donors (Lipinski definition) is 1. The Kier molecular flexibility index (Phi) is 7.50. The van der Waals surface area contributed by atoms with Crippen LogP contribution in [0.25, 0.3) is 0 Å². The molecule has 0 aliphatic heterocycles. The van der Waals surface area contributed by atoms with Crippen LogP contribution in [0.15, 0.2) is 76.7 Å². The van der Waals surface area contributed by atoms with Crippen molar-refractivity contribution in [3.05, 3.63) is 88.4 Å². The molecule has 0 radical (unpaired) electrons. The molecule has 0 aliphatic carbocycles. The van der Waals surface area contributed by atoms with Crippen molar-refractivity contribution in [2.24, 2.45) is 5.10 Å². The third-order valence-corrected chi connectivity index (χ3v) is 6.09. The smallest absolute Gasteiger partial charge is 0.341 e. The number of halogens is 1. The average Bonchev–Trinajstić information content (AvgIpc) is 2.73. The molecule has 32 heavy (non-hydrogen) atoms. The van der Waals surface area contributed by atoms with Gasteiger partial charge in [-0.1, -0.05) is 41.9 Å². The van der Waals surface area contributed by atoms with Crippen LogP contribution in [-0.4, -0.2) is 27.6 Å². The molecule has 3 aromatic rings. The topological polar surface area (TPSA) is 94.1 Å². The maximum Gasteiger partial charge on any atom is 0.341 e. The Morgan fingerprint density at radius 2 is 1.78 bits per heavy atom. The maximum atomic E-state index is 12.9. The highest BCUT2D eigenvalue weighted by Gasteiger charge is 2.24. The van der Waals surface area contributed by atoms with E-state index in [4.69, 9.17) is 20.5 Å². The molecule has 0 fully saturated rings. The lowest BCUT2D eigenvalue weighted by molar-refractivity contribution is -0.120. The van der Waals surface area contributed by atoms with Crippen molar-refractivity contribution >= 4 is 33.8 Å². The number of aryl methyl sites for hydroxylation is 1. The third kappa shape index (κ3) is 6.09. The van der Waals surface area contributed by atoms with E-state index in [0.717, 1.165) is 11.1 Å². The Morgan fingerprint density at radius 3 is 2.50 bits per heavy atom. The van der Waals surface area contributed by atoms with Gasteiger partial charge in [-0.3, -0.25) is 4.79 Å². The van der Waals surface area contributed by atoms with E-state index in [0.29, 0.717) is 5.75 Å². The van der Waals surface area contributed by atoms with Gasteiger partial charge in [0, 0.05) is 5.56 Å². The lowest BCUT2D eigenvalue weighted by atomic mass is 10.1. The maximum absolute atomic E-state index is 12.9. The second-order valence-electron chi connectivity index (χ2n) is 6.84. The minimum Gasteiger partial charge on any atom is -0.497 e. The second-order valence-corrected chi connectivity index (χ2v) is 8.73. The fourth-order valence-electron chi connectivity index (χ4n) is 2.94. The van der Waals surface area contributed by atoms with Gasteiger partial charge in [0.25, 0.3) is 0 Å². The molecule has 0 saturated carbocycles. The van der Waals surface area contributed by atoms with Gasteiger partial charge in [-0.25, -0.2) is 5.43 Å². The van der Waals surface area contributed by atoms with E-state index in [1.807, 2.05) is 0 Å². The fourth-order valence-corrected chi connectivity index (χ4v) is 4.65. The van der Waals surface area contributed by atoms with Crippen molar-refractivity contribution < 1.29 is 22.1 Å². The zero-order valence-corrected chi connectivity index (χ0v) is 19.0. The lowest BCUT2D eigenvalue weighted by Crippen LogP contribution is -2.20. The van der Waals surface area contributed by atoms with Gasteiger partial charge in [0.1, 0.15) is 16.4 Å². The molecule has 3 aromatic carbocycles. The van der Waals surface area contributed by atoms with Crippen LogP contribution < -0.4 is 14.3 Å². The first-order valence-corrected chi connectivity index (χ1v) is 11.3. The van der Waals surface area contributed by atoms with Crippen molar-refractivity contribution in [2.45, 2.75) is 18.2 Å². The molecule has 0 saturated heterocycles. The normalized spacial score (nSPS) is 11.3. The number of rotatable bonds is 8. The first kappa shape index (κ1) is 23.3. The predicted octanol–water partition coefficient (Wildman–Crippen LogP) is 4.12. The molecule has 0 unspecified atom stereocenters. The number of ether oxygens (including phenoxy) is 1. The minimum absolute atomic E-state index is 0.00918. The Bertz CT molecular complexity index is 1240. The fraction of sp³-hybridized carbons (Fsp3) is 0.130. The van der Waals surface area contributed by atoms with Gasteiger partial charge in [0.05, 0.1) is 24.8 Å². The summed E-state index contributed by atoms with van der Waals surface area (Å²) in [4.78, 5) is 12.0. The van der Waals surface area contributed by atoms with Gasteiger partial charge < -0.3 is 8.92 Å². The molecule has 1 amide bonds. The van der Waals surface area contributed by atoms with Crippen LogP contribution in [0.5, 0.6) is 11.5 Å². The van der Waals surface area contributed by atoms with E-state index < -0.39 is 10.1 Å². The van der Waals surface area contributed by atoms with E-state index in [-0.39, 0.29) is 33.6 Å². The summed E-state index contributed by atoms with van der Waals surface area (Å²) in [6, 6.07) is 18.3. The SMILES string of the molecule is COc1cccc(CC(=O)NN=Cc2cc(C)cc(Cl)c2S(=O)(=O)Oc2ccccc2)c1. The molecule has 3 rings (SSSR count). The largest absolute Gasteiger partial charge is 0.497 e. The number of hydrogen-bond acceptors (Lipinski definition) is 6. The molecule has 0 spiro atoms. The lowest BCUT2D eigenvalue weighted by Gasteiger charge is -2.12. The molecule has 0 aromatic heterocycles. The molecule has 0 bridgehead atoms. The standard InChI is InChI=1S/C23H21ClN2O5S/c1-16-11-18(15-25-26-22(27)14-17-7-6-10-20(13-17)30-2)23(21(24)12-16)32(28,29)31-19-8-4-3-5-9-19/h3-13,15H,14H2,1-2H3,(H,26,27). The minimum atomic E-state index is -4.25. The van der Waals surface area contributed by atoms with E-state index in [1.54, 1.807) is 62.6 Å². The van der Waals surface area contributed by atoms with Crippen LogP contribution in [0.3, 0.4) is 0 Å². The van der Waals surface area contributed by atoms with Crippen molar-refractivity contribution in [1.82, 2.24) is 5.43 Å². The van der Waals surface area contributed by atoms with Gasteiger partial charge in [-0.15, -0.1) is 0 Å². The van der Waals surface area contributed by atoms with Crippen molar-refractivity contribution in [1.29, 1.82) is 0 Å². The van der Waals surface area contributed by atoms with Crippen LogP contribution in [0.4, 0.5) is 0 Å². The Balaban J connectivity index is 1.80. The van der Waals surface area contributed by atoms with E-state index >= 15 is 0 Å². The Labute approximate surface area is 191 Å². The van der Waals surface area contributed by atoms with Crippen molar-refractivity contribution in [2.75, 3.05) is 7.11 Å². The van der Waals surface area contributed by atoms with Crippen LogP contribution >= 0.6 is 11.6 Å². The number of carbonyl (C=O) groups excluding carboxylic acids is 1. The van der Waals surface area contributed by atoms with Crippen LogP contribution in [0.2, 0.25) is 5.02 Å². The molecule has 1 N–H and O–H groups in total. The molecular formula is C23H21ClN2O5S.